The summed E-state index contributed by atoms with van der Waals surface area (Å²) in [4.78, 5) is 21.8. The van der Waals surface area contributed by atoms with Gasteiger partial charge in [0.25, 0.3) is 0 Å². The van der Waals surface area contributed by atoms with Crippen LogP contribution >= 0.6 is 0 Å². The van der Waals surface area contributed by atoms with E-state index in [0.29, 0.717) is 11.6 Å². The lowest BCUT2D eigenvalue weighted by atomic mass is 9.62. The van der Waals surface area contributed by atoms with E-state index < -0.39 is 10.8 Å². The number of para-hydroxylation sites is 3. The second kappa shape index (κ2) is 22.0. The van der Waals surface area contributed by atoms with Crippen LogP contribution in [0.3, 0.4) is 0 Å². The Morgan fingerprint density at radius 1 is 0.296 bits per heavy atom. The number of hydrogen-bond acceptors (Lipinski definition) is 6. The molecule has 2 aliphatic heterocycles. The van der Waals surface area contributed by atoms with Crippen LogP contribution in [0.2, 0.25) is 0 Å². The molecule has 3 aliphatic carbocycles. The number of allylic oxidation sites excluding steroid dienone is 2. The van der Waals surface area contributed by atoms with Crippen molar-refractivity contribution >= 4 is 10.8 Å². The minimum atomic E-state index is -0.692. The van der Waals surface area contributed by atoms with E-state index >= 15 is 0 Å². The molecule has 0 radical (unpaired) electrons. The first kappa shape index (κ1) is 55.8. The maximum atomic E-state index is 7.41. The van der Waals surface area contributed by atoms with Crippen molar-refractivity contribution in [2.24, 2.45) is 0 Å². The van der Waals surface area contributed by atoms with E-state index in [-0.39, 0.29) is 6.10 Å². The standard InChI is InChI=1S/C92H58N4O2/c1-3-24-59(25-4-1)80-55-82(95-89(93-80)70-35-21-43-78-87(70)97-84-45-17-15-40-75(84)91(78)72-37-12-9-31-67(72)68-32-10-13-38-73(68)91)61-50-47-58(48-51-61)63-29-19-30-64(53-63)66-34-20-42-77-86(66)69-33-11-14-39-74(69)92(77)76-41-16-18-46-85(76)98-88-71(36-22-44-79(88)92)90-94-81(60-26-5-2-6-27-60)56-83(96-90)65-52-49-57-23-7-8-28-62(57)54-65/h1-45,47-56,85H,46H2. The first-order chi connectivity index (χ1) is 48.6. The van der Waals surface area contributed by atoms with Crippen molar-refractivity contribution in [2.75, 3.05) is 0 Å². The largest absolute Gasteiger partial charge is 0.485 e. The van der Waals surface area contributed by atoms with E-state index in [1.165, 1.54) is 61.0 Å². The maximum absolute atomic E-state index is 7.41. The average molecular weight is 1250 g/mol. The molecule has 0 saturated carbocycles. The summed E-state index contributed by atoms with van der Waals surface area (Å²) in [6, 6.07) is 113. The molecule has 20 rings (SSSR count). The van der Waals surface area contributed by atoms with Crippen molar-refractivity contribution in [3.63, 3.8) is 0 Å². The first-order valence-electron chi connectivity index (χ1n) is 33.7. The van der Waals surface area contributed by atoms with Gasteiger partial charge >= 0.3 is 0 Å². The van der Waals surface area contributed by atoms with Crippen LogP contribution in [0.15, 0.2) is 339 Å². The van der Waals surface area contributed by atoms with E-state index in [4.69, 9.17) is 29.4 Å². The van der Waals surface area contributed by atoms with Gasteiger partial charge in [0.05, 0.1) is 44.7 Å². The summed E-state index contributed by atoms with van der Waals surface area (Å²) >= 11 is 0. The van der Waals surface area contributed by atoms with Crippen molar-refractivity contribution in [2.45, 2.75) is 23.4 Å². The first-order valence-corrected chi connectivity index (χ1v) is 33.7. The third kappa shape index (κ3) is 8.34. The van der Waals surface area contributed by atoms with Crippen LogP contribution in [0.5, 0.6) is 17.2 Å². The molecule has 0 bridgehead atoms. The Morgan fingerprint density at radius 2 is 0.755 bits per heavy atom. The van der Waals surface area contributed by atoms with Gasteiger partial charge in [0, 0.05) is 45.4 Å². The molecule has 15 aromatic rings. The topological polar surface area (TPSA) is 70.0 Å². The molecule has 0 fully saturated rings. The van der Waals surface area contributed by atoms with Crippen LogP contribution in [0.25, 0.3) is 123 Å². The van der Waals surface area contributed by atoms with Crippen molar-refractivity contribution in [3.8, 4) is 130 Å². The molecule has 2 unspecified atom stereocenters. The van der Waals surface area contributed by atoms with Gasteiger partial charge in [0.2, 0.25) is 0 Å². The average Bonchev–Trinajstić information content (AvgIpc) is 1.50. The van der Waals surface area contributed by atoms with Gasteiger partial charge < -0.3 is 9.47 Å². The molecule has 458 valence electrons. The molecule has 5 aliphatic rings. The number of fused-ring (bicyclic) bond motifs is 19. The predicted octanol–water partition coefficient (Wildman–Crippen LogP) is 22.2. The van der Waals surface area contributed by atoms with E-state index in [0.717, 1.165) is 119 Å². The minimum absolute atomic E-state index is 0.240. The SMILES string of the molecule is C1=CCC2Oc3c(-c4nc(-c5ccccc5)cc(-c5ccc6ccccc6c5)n4)cccc3C3(C2=C1)c1ccccc1-c1c(-c2cccc(-c4ccc(-c5cc(-c6ccccc6)nc(-c6cccc7c6Oc6ccccc6C76c7ccccc7-c7ccccc76)n5)cc4)c2)cccc13. The van der Waals surface area contributed by atoms with Crippen LogP contribution in [0.1, 0.15) is 45.4 Å². The fraction of sp³-hybridized carbons (Fsp3) is 0.0435. The summed E-state index contributed by atoms with van der Waals surface area (Å²) < 4.78 is 14.6. The Bertz CT molecular complexity index is 5830. The Kier molecular flexibility index (Phi) is 12.5. The highest BCUT2D eigenvalue weighted by Gasteiger charge is 2.55. The van der Waals surface area contributed by atoms with Crippen LogP contribution in [-0.4, -0.2) is 26.0 Å². The highest BCUT2D eigenvalue weighted by atomic mass is 16.5. The molecule has 0 N–H and O–H groups in total. The van der Waals surface area contributed by atoms with Crippen LogP contribution < -0.4 is 9.47 Å². The van der Waals surface area contributed by atoms with Gasteiger partial charge in [0.15, 0.2) is 11.6 Å². The van der Waals surface area contributed by atoms with Crippen molar-refractivity contribution < 1.29 is 9.47 Å². The molecule has 0 saturated heterocycles. The summed E-state index contributed by atoms with van der Waals surface area (Å²) in [5, 5.41) is 2.34. The molecule has 13 aromatic carbocycles. The van der Waals surface area contributed by atoms with Gasteiger partial charge in [-0.05, 0) is 126 Å². The third-order valence-electron chi connectivity index (χ3n) is 21.0. The van der Waals surface area contributed by atoms with Crippen molar-refractivity contribution in [1.29, 1.82) is 0 Å². The normalized spacial score (nSPS) is 15.9. The number of hydrogen-bond donors (Lipinski definition) is 0. The molecule has 4 heterocycles. The quantitative estimate of drug-likeness (QED) is 0.151. The van der Waals surface area contributed by atoms with Crippen molar-refractivity contribution in [3.05, 3.63) is 378 Å². The van der Waals surface area contributed by atoms with Gasteiger partial charge in [-0.3, -0.25) is 0 Å². The van der Waals surface area contributed by atoms with Gasteiger partial charge in [0.1, 0.15) is 23.4 Å². The van der Waals surface area contributed by atoms with Crippen LogP contribution in [0, 0.1) is 0 Å². The van der Waals surface area contributed by atoms with E-state index in [1.54, 1.807) is 0 Å². The Hall–Kier alpha value is -12.6. The van der Waals surface area contributed by atoms with Crippen LogP contribution in [-0.2, 0) is 10.8 Å². The summed E-state index contributed by atoms with van der Waals surface area (Å²) in [7, 11) is 0. The zero-order valence-corrected chi connectivity index (χ0v) is 53.1. The molecule has 2 spiro atoms. The second-order valence-electron chi connectivity index (χ2n) is 26.1. The van der Waals surface area contributed by atoms with Gasteiger partial charge in [-0.15, -0.1) is 0 Å². The zero-order valence-electron chi connectivity index (χ0n) is 53.1. The molecule has 2 aromatic heterocycles. The summed E-state index contributed by atoms with van der Waals surface area (Å²) in [5.41, 5.74) is 26.6. The number of rotatable bonds is 8. The lowest BCUT2D eigenvalue weighted by Crippen LogP contribution is -2.42. The Morgan fingerprint density at radius 3 is 1.43 bits per heavy atom. The lowest BCUT2D eigenvalue weighted by molar-refractivity contribution is 0.206. The van der Waals surface area contributed by atoms with E-state index in [9.17, 15) is 0 Å². The predicted molar refractivity (Wildman–Crippen MR) is 394 cm³/mol. The number of ether oxygens (including phenoxy) is 2. The lowest BCUT2D eigenvalue weighted by Gasteiger charge is -2.45. The highest BCUT2D eigenvalue weighted by Crippen LogP contribution is 2.66. The van der Waals surface area contributed by atoms with Gasteiger partial charge in [-0.1, -0.05) is 291 Å². The molecular weight excluding hydrogens is 1190 g/mol. The number of benzene rings is 13. The molecule has 98 heavy (non-hydrogen) atoms. The maximum Gasteiger partial charge on any atom is 0.164 e. The zero-order chi connectivity index (χ0) is 64.5. The second-order valence-corrected chi connectivity index (χ2v) is 26.1. The fourth-order valence-electron chi connectivity index (χ4n) is 16.7. The van der Waals surface area contributed by atoms with E-state index in [2.05, 4.69) is 322 Å². The monoisotopic (exact) mass is 1250 g/mol. The Balaban J connectivity index is 0.692. The third-order valence-corrected chi connectivity index (χ3v) is 21.0. The highest BCUT2D eigenvalue weighted by molar-refractivity contribution is 5.98. The number of aromatic nitrogens is 4. The summed E-state index contributed by atoms with van der Waals surface area (Å²) in [6.07, 6.45) is 7.25. The fourth-order valence-corrected chi connectivity index (χ4v) is 16.7. The summed E-state index contributed by atoms with van der Waals surface area (Å²) in [6.45, 7) is 0. The molecule has 6 nitrogen and oxygen atoms in total. The molecule has 6 heteroatoms. The smallest absolute Gasteiger partial charge is 0.164 e. The Labute approximate surface area is 567 Å². The molecule has 0 amide bonds. The van der Waals surface area contributed by atoms with Crippen molar-refractivity contribution in [1.82, 2.24) is 19.9 Å². The van der Waals surface area contributed by atoms with Gasteiger partial charge in [-0.25, -0.2) is 19.9 Å². The van der Waals surface area contributed by atoms with E-state index in [1.807, 2.05) is 12.1 Å². The molecular formula is C92H58N4O2. The number of nitrogens with zero attached hydrogens (tertiary/aromatic N) is 4. The minimum Gasteiger partial charge on any atom is -0.485 e. The molecule has 2 atom stereocenters. The summed E-state index contributed by atoms with van der Waals surface area (Å²) in [5.74, 6) is 3.59. The van der Waals surface area contributed by atoms with Gasteiger partial charge in [-0.2, -0.15) is 0 Å². The van der Waals surface area contributed by atoms with Crippen LogP contribution in [0.4, 0.5) is 0 Å².